The normalized spacial score (nSPS) is 14.8. The van der Waals surface area contributed by atoms with Gasteiger partial charge in [-0.1, -0.05) is 24.3 Å². The van der Waals surface area contributed by atoms with Crippen molar-refractivity contribution in [2.24, 2.45) is 5.73 Å². The van der Waals surface area contributed by atoms with Crippen LogP contribution in [-0.2, 0) is 6.42 Å². The molecule has 0 radical (unpaired) electrons. The molecular formula is C12H19NO3. The first-order chi connectivity index (χ1) is 7.70. The third kappa shape index (κ3) is 3.28. The SMILES string of the molecule is NCC(O)C(O)c1ccccc1CCCO. The molecule has 0 aliphatic rings. The third-order valence-electron chi connectivity index (χ3n) is 2.58. The second-order valence-electron chi connectivity index (χ2n) is 3.77. The zero-order chi connectivity index (χ0) is 12.0. The van der Waals surface area contributed by atoms with Gasteiger partial charge in [0.1, 0.15) is 6.10 Å². The zero-order valence-corrected chi connectivity index (χ0v) is 9.21. The molecule has 1 rings (SSSR count). The summed E-state index contributed by atoms with van der Waals surface area (Å²) in [5, 5.41) is 28.2. The molecule has 0 saturated carbocycles. The fourth-order valence-corrected chi connectivity index (χ4v) is 1.66. The van der Waals surface area contributed by atoms with Gasteiger partial charge in [-0.25, -0.2) is 0 Å². The lowest BCUT2D eigenvalue weighted by atomic mass is 9.96. The van der Waals surface area contributed by atoms with Crippen LogP contribution in [0.1, 0.15) is 23.7 Å². The Labute approximate surface area is 95.3 Å². The number of nitrogens with two attached hydrogens (primary N) is 1. The lowest BCUT2D eigenvalue weighted by Crippen LogP contribution is -2.27. The third-order valence-corrected chi connectivity index (χ3v) is 2.58. The molecule has 1 aromatic carbocycles. The maximum atomic E-state index is 9.88. The van der Waals surface area contributed by atoms with Crippen molar-refractivity contribution in [1.82, 2.24) is 0 Å². The quantitative estimate of drug-likeness (QED) is 0.547. The molecule has 2 unspecified atom stereocenters. The number of aliphatic hydroxyl groups excluding tert-OH is 3. The lowest BCUT2D eigenvalue weighted by molar-refractivity contribution is 0.0238. The van der Waals surface area contributed by atoms with Crippen molar-refractivity contribution >= 4 is 0 Å². The van der Waals surface area contributed by atoms with Crippen LogP contribution in [0.25, 0.3) is 0 Å². The first-order valence-corrected chi connectivity index (χ1v) is 5.45. The minimum absolute atomic E-state index is 0.0233. The van der Waals surface area contributed by atoms with E-state index in [4.69, 9.17) is 10.8 Å². The minimum Gasteiger partial charge on any atom is -0.396 e. The fourth-order valence-electron chi connectivity index (χ4n) is 1.66. The molecule has 1 aromatic rings. The number of hydrogen-bond donors (Lipinski definition) is 4. The Morgan fingerprint density at radius 1 is 1.19 bits per heavy atom. The van der Waals surface area contributed by atoms with Crippen molar-refractivity contribution in [3.05, 3.63) is 35.4 Å². The first kappa shape index (κ1) is 13.1. The van der Waals surface area contributed by atoms with Crippen LogP contribution in [0.5, 0.6) is 0 Å². The molecule has 0 bridgehead atoms. The standard InChI is InChI=1S/C12H19NO3/c13-8-11(15)12(16)10-6-2-1-4-9(10)5-3-7-14/h1-2,4,6,11-12,14-16H,3,5,7-8,13H2. The van der Waals surface area contributed by atoms with Gasteiger partial charge in [0, 0.05) is 13.2 Å². The molecular weight excluding hydrogens is 206 g/mol. The number of aryl methyl sites for hydroxylation is 1. The Balaban J connectivity index is 2.84. The summed E-state index contributed by atoms with van der Waals surface area (Å²) in [6.07, 6.45) is -0.584. The van der Waals surface area contributed by atoms with Crippen LogP contribution >= 0.6 is 0 Å². The summed E-state index contributed by atoms with van der Waals surface area (Å²) in [5.41, 5.74) is 6.94. The topological polar surface area (TPSA) is 86.7 Å². The molecule has 0 aromatic heterocycles. The van der Waals surface area contributed by atoms with Crippen molar-refractivity contribution < 1.29 is 15.3 Å². The average molecular weight is 225 g/mol. The molecule has 0 heterocycles. The highest BCUT2D eigenvalue weighted by atomic mass is 16.3. The van der Waals surface area contributed by atoms with Gasteiger partial charge in [-0.2, -0.15) is 0 Å². The Hall–Kier alpha value is -0.940. The minimum atomic E-state index is -0.958. The smallest absolute Gasteiger partial charge is 0.106 e. The predicted octanol–water partition coefficient (Wildman–Crippen LogP) is -0.0355. The Bertz CT molecular complexity index is 317. The van der Waals surface area contributed by atoms with Crippen LogP contribution in [0, 0.1) is 0 Å². The summed E-state index contributed by atoms with van der Waals surface area (Å²) >= 11 is 0. The monoisotopic (exact) mass is 225 g/mol. The van der Waals surface area contributed by atoms with Crippen molar-refractivity contribution in [2.75, 3.05) is 13.2 Å². The molecule has 2 atom stereocenters. The second-order valence-corrected chi connectivity index (χ2v) is 3.77. The molecule has 4 nitrogen and oxygen atoms in total. The number of hydrogen-bond acceptors (Lipinski definition) is 4. The molecule has 0 fully saturated rings. The number of aliphatic hydroxyl groups is 3. The van der Waals surface area contributed by atoms with Gasteiger partial charge in [0.25, 0.3) is 0 Å². The van der Waals surface area contributed by atoms with Gasteiger partial charge >= 0.3 is 0 Å². The largest absolute Gasteiger partial charge is 0.396 e. The van der Waals surface area contributed by atoms with E-state index in [9.17, 15) is 10.2 Å². The predicted molar refractivity (Wildman–Crippen MR) is 61.9 cm³/mol. The second kappa shape index (κ2) is 6.60. The van der Waals surface area contributed by atoms with Gasteiger partial charge in [0.2, 0.25) is 0 Å². The van der Waals surface area contributed by atoms with E-state index in [0.29, 0.717) is 18.4 Å². The number of rotatable bonds is 6. The highest BCUT2D eigenvalue weighted by Crippen LogP contribution is 2.21. The first-order valence-electron chi connectivity index (χ1n) is 5.45. The van der Waals surface area contributed by atoms with Crippen LogP contribution in [0.4, 0.5) is 0 Å². The molecule has 5 N–H and O–H groups in total. The van der Waals surface area contributed by atoms with Gasteiger partial charge in [0.05, 0.1) is 6.10 Å². The summed E-state index contributed by atoms with van der Waals surface area (Å²) in [7, 11) is 0. The average Bonchev–Trinajstić information content (AvgIpc) is 2.34. The molecule has 4 heteroatoms. The molecule has 0 aliphatic carbocycles. The zero-order valence-electron chi connectivity index (χ0n) is 9.21. The molecule has 0 amide bonds. The van der Waals surface area contributed by atoms with E-state index < -0.39 is 12.2 Å². The van der Waals surface area contributed by atoms with Crippen molar-refractivity contribution in [3.8, 4) is 0 Å². The fraction of sp³-hybridized carbons (Fsp3) is 0.500. The van der Waals surface area contributed by atoms with E-state index in [1.54, 1.807) is 6.07 Å². The summed E-state index contributed by atoms with van der Waals surface area (Å²) in [6.45, 7) is 0.138. The Morgan fingerprint density at radius 3 is 2.50 bits per heavy atom. The van der Waals surface area contributed by atoms with Crippen molar-refractivity contribution in [1.29, 1.82) is 0 Å². The Kier molecular flexibility index (Phi) is 5.42. The van der Waals surface area contributed by atoms with Crippen LogP contribution in [0.2, 0.25) is 0 Å². The van der Waals surface area contributed by atoms with Crippen LogP contribution in [-0.4, -0.2) is 34.6 Å². The summed E-state index contributed by atoms with van der Waals surface area (Å²) < 4.78 is 0. The Morgan fingerprint density at radius 2 is 1.88 bits per heavy atom. The molecule has 0 saturated heterocycles. The summed E-state index contributed by atoms with van der Waals surface area (Å²) in [6, 6.07) is 7.34. The highest BCUT2D eigenvalue weighted by Gasteiger charge is 2.19. The van der Waals surface area contributed by atoms with Gasteiger partial charge in [-0.15, -0.1) is 0 Å². The van der Waals surface area contributed by atoms with E-state index in [2.05, 4.69) is 0 Å². The van der Waals surface area contributed by atoms with E-state index in [1.165, 1.54) is 0 Å². The van der Waals surface area contributed by atoms with Gasteiger partial charge in [-0.3, -0.25) is 0 Å². The van der Waals surface area contributed by atoms with Crippen LogP contribution in [0.15, 0.2) is 24.3 Å². The van der Waals surface area contributed by atoms with Gasteiger partial charge in [-0.05, 0) is 24.0 Å². The maximum Gasteiger partial charge on any atom is 0.106 e. The molecule has 90 valence electrons. The van der Waals surface area contributed by atoms with E-state index in [-0.39, 0.29) is 13.2 Å². The highest BCUT2D eigenvalue weighted by molar-refractivity contribution is 5.30. The molecule has 16 heavy (non-hydrogen) atoms. The summed E-state index contributed by atoms with van der Waals surface area (Å²) in [4.78, 5) is 0. The molecule has 0 spiro atoms. The maximum absolute atomic E-state index is 9.88. The lowest BCUT2D eigenvalue weighted by Gasteiger charge is -2.19. The van der Waals surface area contributed by atoms with E-state index >= 15 is 0 Å². The summed E-state index contributed by atoms with van der Waals surface area (Å²) in [5.74, 6) is 0. The number of benzene rings is 1. The molecule has 0 aliphatic heterocycles. The van der Waals surface area contributed by atoms with E-state index in [0.717, 1.165) is 5.56 Å². The van der Waals surface area contributed by atoms with Crippen LogP contribution in [0.3, 0.4) is 0 Å². The van der Waals surface area contributed by atoms with Gasteiger partial charge in [0.15, 0.2) is 0 Å². The van der Waals surface area contributed by atoms with Crippen molar-refractivity contribution in [3.63, 3.8) is 0 Å². The van der Waals surface area contributed by atoms with Crippen molar-refractivity contribution in [2.45, 2.75) is 25.0 Å². The van der Waals surface area contributed by atoms with E-state index in [1.807, 2.05) is 18.2 Å². The van der Waals surface area contributed by atoms with Gasteiger partial charge < -0.3 is 21.1 Å². The van der Waals surface area contributed by atoms with Crippen LogP contribution < -0.4 is 5.73 Å².